The van der Waals surface area contributed by atoms with Crippen molar-refractivity contribution in [3.8, 4) is 0 Å². The Kier molecular flexibility index (Phi) is 5.92. The van der Waals surface area contributed by atoms with E-state index in [4.69, 9.17) is 4.74 Å². The number of benzene rings is 2. The van der Waals surface area contributed by atoms with Crippen molar-refractivity contribution in [1.82, 2.24) is 0 Å². The van der Waals surface area contributed by atoms with Gasteiger partial charge < -0.3 is 9.84 Å². The van der Waals surface area contributed by atoms with Crippen LogP contribution < -0.4 is 0 Å². The number of ketones is 1. The summed E-state index contributed by atoms with van der Waals surface area (Å²) in [5.41, 5.74) is 3.05. The van der Waals surface area contributed by atoms with Gasteiger partial charge in [0.2, 0.25) is 5.78 Å². The van der Waals surface area contributed by atoms with Gasteiger partial charge in [0.05, 0.1) is 0 Å². The van der Waals surface area contributed by atoms with Gasteiger partial charge in [-0.05, 0) is 28.5 Å². The van der Waals surface area contributed by atoms with E-state index >= 15 is 0 Å². The molecule has 0 radical (unpaired) electrons. The number of ether oxygens (including phenoxy) is 1. The van der Waals surface area contributed by atoms with Crippen molar-refractivity contribution in [3.63, 3.8) is 0 Å². The van der Waals surface area contributed by atoms with Gasteiger partial charge in [0.15, 0.2) is 6.10 Å². The van der Waals surface area contributed by atoms with E-state index in [1.54, 1.807) is 0 Å². The minimum absolute atomic E-state index is 0.0715. The molecular formula is C25H28O4. The number of rotatable bonds is 5. The number of cyclic esters (lactones) is 1. The van der Waals surface area contributed by atoms with Crippen LogP contribution in [0.25, 0.3) is 0 Å². The monoisotopic (exact) mass is 392 g/mol. The molecule has 29 heavy (non-hydrogen) atoms. The number of aliphatic hydroxyl groups is 1. The molecule has 2 aromatic rings. The summed E-state index contributed by atoms with van der Waals surface area (Å²) in [4.78, 5) is 25.0. The summed E-state index contributed by atoms with van der Waals surface area (Å²) < 4.78 is 5.26. The Morgan fingerprint density at radius 3 is 2.21 bits per heavy atom. The molecule has 1 saturated heterocycles. The Morgan fingerprint density at radius 2 is 1.62 bits per heavy atom. The molecule has 0 bridgehead atoms. The van der Waals surface area contributed by atoms with Crippen LogP contribution in [-0.2, 0) is 32.6 Å². The summed E-state index contributed by atoms with van der Waals surface area (Å²) in [6.45, 7) is 8.28. The predicted molar refractivity (Wildman–Crippen MR) is 113 cm³/mol. The predicted octanol–water partition coefficient (Wildman–Crippen LogP) is 4.71. The number of esters is 1. The average molecular weight is 392 g/mol. The van der Waals surface area contributed by atoms with E-state index in [1.165, 1.54) is 5.56 Å². The van der Waals surface area contributed by atoms with E-state index in [9.17, 15) is 14.7 Å². The number of hydrogen-bond donors (Lipinski definition) is 1. The second kappa shape index (κ2) is 8.24. The normalized spacial score (nSPS) is 19.8. The fourth-order valence-electron chi connectivity index (χ4n) is 3.53. The zero-order valence-electron chi connectivity index (χ0n) is 17.4. The third-order valence-electron chi connectivity index (χ3n) is 5.34. The minimum Gasteiger partial charge on any atom is -0.511 e. The summed E-state index contributed by atoms with van der Waals surface area (Å²) in [5, 5.41) is 10.6. The van der Waals surface area contributed by atoms with Crippen molar-refractivity contribution in [2.24, 2.45) is 5.92 Å². The van der Waals surface area contributed by atoms with Gasteiger partial charge >= 0.3 is 5.97 Å². The lowest BCUT2D eigenvalue weighted by atomic mass is 9.86. The summed E-state index contributed by atoms with van der Waals surface area (Å²) in [6, 6.07) is 17.6. The van der Waals surface area contributed by atoms with E-state index in [0.717, 1.165) is 11.1 Å². The molecule has 1 aliphatic heterocycles. The zero-order chi connectivity index (χ0) is 21.2. The molecule has 1 fully saturated rings. The van der Waals surface area contributed by atoms with Crippen LogP contribution in [-0.4, -0.2) is 23.0 Å². The van der Waals surface area contributed by atoms with Crippen LogP contribution in [0.1, 0.15) is 44.4 Å². The van der Waals surface area contributed by atoms with Crippen molar-refractivity contribution in [1.29, 1.82) is 0 Å². The first-order valence-electron chi connectivity index (χ1n) is 9.98. The summed E-state index contributed by atoms with van der Waals surface area (Å²) in [5.74, 6) is -1.72. The smallest absolute Gasteiger partial charge is 0.346 e. The molecule has 0 aliphatic carbocycles. The average Bonchev–Trinajstić information content (AvgIpc) is 2.95. The van der Waals surface area contributed by atoms with Gasteiger partial charge in [0.1, 0.15) is 11.3 Å². The Balaban J connectivity index is 1.74. The zero-order valence-corrected chi connectivity index (χ0v) is 17.4. The SMILES string of the molecule is C[C@H](Cc1ccc(C(C)(C)C)cc1)C(O)=C1C(=O)O[C@H](Cc2ccccc2)C1=O. The maximum Gasteiger partial charge on any atom is 0.346 e. The van der Waals surface area contributed by atoms with E-state index < -0.39 is 17.9 Å². The van der Waals surface area contributed by atoms with Crippen molar-refractivity contribution in [2.45, 2.75) is 52.1 Å². The lowest BCUT2D eigenvalue weighted by Crippen LogP contribution is -2.20. The largest absolute Gasteiger partial charge is 0.511 e. The van der Waals surface area contributed by atoms with E-state index in [2.05, 4.69) is 32.9 Å². The number of carbonyl (C=O) groups is 2. The molecule has 2 aromatic carbocycles. The molecule has 4 heteroatoms. The molecular weight excluding hydrogens is 364 g/mol. The first kappa shape index (κ1) is 20.8. The third kappa shape index (κ3) is 4.76. The highest BCUT2D eigenvalue weighted by atomic mass is 16.6. The van der Waals surface area contributed by atoms with Crippen LogP contribution in [0.2, 0.25) is 0 Å². The Labute approximate surface area is 172 Å². The maximum atomic E-state index is 12.7. The standard InChI is InChI=1S/C25H28O4/c1-16(14-18-10-12-19(13-11-18)25(2,3)4)22(26)21-23(27)20(29-24(21)28)15-17-8-6-5-7-9-17/h5-13,16,20,26H,14-15H2,1-4H3/t16-,20-/m1/s1. The first-order chi connectivity index (χ1) is 13.7. The third-order valence-corrected chi connectivity index (χ3v) is 5.34. The number of Topliss-reactive ketones (excluding diaryl/α,β-unsaturated/α-hetero) is 1. The number of carbonyl (C=O) groups excluding carboxylic acids is 2. The minimum atomic E-state index is -0.875. The van der Waals surface area contributed by atoms with Crippen molar-refractivity contribution in [2.75, 3.05) is 0 Å². The molecule has 1 heterocycles. The Hall–Kier alpha value is -2.88. The van der Waals surface area contributed by atoms with Crippen LogP contribution in [0.15, 0.2) is 65.9 Å². The molecule has 0 spiro atoms. The molecule has 0 unspecified atom stereocenters. The summed E-state index contributed by atoms with van der Waals surface area (Å²) in [6.07, 6.45) is -0.0329. The summed E-state index contributed by atoms with van der Waals surface area (Å²) >= 11 is 0. The molecule has 152 valence electrons. The highest BCUT2D eigenvalue weighted by molar-refractivity contribution is 6.23. The molecule has 0 amide bonds. The quantitative estimate of drug-likeness (QED) is 0.346. The van der Waals surface area contributed by atoms with Crippen LogP contribution in [0.4, 0.5) is 0 Å². The number of allylic oxidation sites excluding steroid dienone is 1. The van der Waals surface area contributed by atoms with Crippen molar-refractivity contribution < 1.29 is 19.4 Å². The number of aliphatic hydroxyl groups excluding tert-OH is 1. The molecule has 4 nitrogen and oxygen atoms in total. The molecule has 3 rings (SSSR count). The molecule has 1 aliphatic rings. The van der Waals surface area contributed by atoms with Gasteiger partial charge in [-0.25, -0.2) is 4.79 Å². The second-order valence-corrected chi connectivity index (χ2v) is 8.76. The van der Waals surface area contributed by atoms with Gasteiger partial charge in [0.25, 0.3) is 0 Å². The van der Waals surface area contributed by atoms with Crippen LogP contribution in [0.5, 0.6) is 0 Å². The topological polar surface area (TPSA) is 63.6 Å². The second-order valence-electron chi connectivity index (χ2n) is 8.76. The van der Waals surface area contributed by atoms with E-state index in [-0.39, 0.29) is 22.7 Å². The molecule has 0 saturated carbocycles. The lowest BCUT2D eigenvalue weighted by Gasteiger charge is -2.19. The van der Waals surface area contributed by atoms with E-state index in [0.29, 0.717) is 12.8 Å². The fourth-order valence-corrected chi connectivity index (χ4v) is 3.53. The van der Waals surface area contributed by atoms with Gasteiger partial charge in [-0.2, -0.15) is 0 Å². The van der Waals surface area contributed by atoms with Gasteiger partial charge in [-0.1, -0.05) is 82.3 Å². The highest BCUT2D eigenvalue weighted by Crippen LogP contribution is 2.28. The van der Waals surface area contributed by atoms with Crippen molar-refractivity contribution in [3.05, 3.63) is 82.6 Å². The maximum absolute atomic E-state index is 12.7. The molecule has 1 N–H and O–H groups in total. The van der Waals surface area contributed by atoms with E-state index in [1.807, 2.05) is 49.4 Å². The van der Waals surface area contributed by atoms with Crippen LogP contribution in [0, 0.1) is 5.92 Å². The Bertz CT molecular complexity index is 918. The summed E-state index contributed by atoms with van der Waals surface area (Å²) in [7, 11) is 0. The molecule has 0 aromatic heterocycles. The highest BCUT2D eigenvalue weighted by Gasteiger charge is 2.41. The van der Waals surface area contributed by atoms with Crippen LogP contribution in [0.3, 0.4) is 0 Å². The number of hydrogen-bond acceptors (Lipinski definition) is 4. The van der Waals surface area contributed by atoms with Gasteiger partial charge in [0, 0.05) is 12.3 Å². The Morgan fingerprint density at radius 1 is 1.00 bits per heavy atom. The van der Waals surface area contributed by atoms with Crippen LogP contribution >= 0.6 is 0 Å². The van der Waals surface area contributed by atoms with Gasteiger partial charge in [-0.3, -0.25) is 4.79 Å². The first-order valence-corrected chi connectivity index (χ1v) is 9.98. The van der Waals surface area contributed by atoms with Gasteiger partial charge in [-0.15, -0.1) is 0 Å². The molecule has 2 atom stereocenters. The van der Waals surface area contributed by atoms with Crippen molar-refractivity contribution >= 4 is 11.8 Å². The lowest BCUT2D eigenvalue weighted by molar-refractivity contribution is -0.140. The fraction of sp³-hybridized carbons (Fsp3) is 0.360.